The zero-order valence-electron chi connectivity index (χ0n) is 6.47. The minimum absolute atomic E-state index is 0.0856. The standard InChI is InChI=1S/C8H5F3N2/c9-8(10,11)7-2-4-13-5-6(7)1-3-12/h2,4-5H,1H2. The number of hydrogen-bond donors (Lipinski definition) is 0. The third-order valence-electron chi connectivity index (χ3n) is 1.48. The van der Waals surface area contributed by atoms with Crippen LogP contribution in [0.5, 0.6) is 0 Å². The lowest BCUT2D eigenvalue weighted by Gasteiger charge is -2.09. The monoisotopic (exact) mass is 186 g/mol. The molecule has 0 spiro atoms. The van der Waals surface area contributed by atoms with E-state index >= 15 is 0 Å². The molecule has 13 heavy (non-hydrogen) atoms. The van der Waals surface area contributed by atoms with E-state index in [1.165, 1.54) is 0 Å². The van der Waals surface area contributed by atoms with E-state index in [1.807, 2.05) is 0 Å². The minimum Gasteiger partial charge on any atom is -0.264 e. The normalized spacial score (nSPS) is 10.9. The SMILES string of the molecule is N#CCc1cnccc1C(F)(F)F. The number of pyridine rings is 1. The molecule has 1 aromatic rings. The Bertz CT molecular complexity index is 338. The van der Waals surface area contributed by atoms with Crippen molar-refractivity contribution < 1.29 is 13.2 Å². The van der Waals surface area contributed by atoms with E-state index in [2.05, 4.69) is 4.98 Å². The molecule has 0 radical (unpaired) electrons. The first-order valence-corrected chi connectivity index (χ1v) is 3.42. The molecule has 0 bridgehead atoms. The Morgan fingerprint density at radius 2 is 2.15 bits per heavy atom. The fourth-order valence-electron chi connectivity index (χ4n) is 0.930. The zero-order chi connectivity index (χ0) is 9.90. The van der Waals surface area contributed by atoms with Crippen molar-refractivity contribution >= 4 is 0 Å². The Morgan fingerprint density at radius 3 is 2.69 bits per heavy atom. The predicted molar refractivity (Wildman–Crippen MR) is 38.6 cm³/mol. The van der Waals surface area contributed by atoms with E-state index in [0.717, 1.165) is 18.5 Å². The first-order chi connectivity index (χ1) is 6.05. The van der Waals surface area contributed by atoms with Crippen molar-refractivity contribution in [3.05, 3.63) is 29.6 Å². The van der Waals surface area contributed by atoms with Crippen LogP contribution in [0.25, 0.3) is 0 Å². The van der Waals surface area contributed by atoms with Crippen molar-refractivity contribution in [2.45, 2.75) is 12.6 Å². The van der Waals surface area contributed by atoms with E-state index in [-0.39, 0.29) is 12.0 Å². The van der Waals surface area contributed by atoms with Gasteiger partial charge in [0.2, 0.25) is 0 Å². The van der Waals surface area contributed by atoms with Gasteiger partial charge < -0.3 is 0 Å². The smallest absolute Gasteiger partial charge is 0.264 e. The number of halogens is 3. The lowest BCUT2D eigenvalue weighted by molar-refractivity contribution is -0.138. The minimum atomic E-state index is -4.41. The molecule has 1 rings (SSSR count). The summed E-state index contributed by atoms with van der Waals surface area (Å²) in [6.45, 7) is 0. The number of rotatable bonds is 1. The van der Waals surface area contributed by atoms with Crippen LogP contribution in [-0.4, -0.2) is 4.98 Å². The molecule has 0 aliphatic rings. The number of nitriles is 1. The molecule has 5 heteroatoms. The molecule has 0 aliphatic heterocycles. The van der Waals surface area contributed by atoms with Crippen LogP contribution in [0, 0.1) is 11.3 Å². The summed E-state index contributed by atoms with van der Waals surface area (Å²) >= 11 is 0. The van der Waals surface area contributed by atoms with Crippen LogP contribution < -0.4 is 0 Å². The van der Waals surface area contributed by atoms with Crippen LogP contribution in [0.3, 0.4) is 0 Å². The maximum atomic E-state index is 12.2. The molecule has 0 unspecified atom stereocenters. The van der Waals surface area contributed by atoms with Crippen LogP contribution in [0.1, 0.15) is 11.1 Å². The largest absolute Gasteiger partial charge is 0.416 e. The maximum absolute atomic E-state index is 12.2. The van der Waals surface area contributed by atoms with Crippen LogP contribution in [0.15, 0.2) is 18.5 Å². The highest BCUT2D eigenvalue weighted by molar-refractivity contribution is 5.28. The topological polar surface area (TPSA) is 36.7 Å². The quantitative estimate of drug-likeness (QED) is 0.673. The average Bonchev–Trinajstić information content (AvgIpc) is 2.04. The molecule has 0 aromatic carbocycles. The van der Waals surface area contributed by atoms with Crippen LogP contribution in [0.4, 0.5) is 13.2 Å². The summed E-state index contributed by atoms with van der Waals surface area (Å²) in [5, 5.41) is 8.26. The van der Waals surface area contributed by atoms with E-state index in [1.54, 1.807) is 6.07 Å². The van der Waals surface area contributed by atoms with Gasteiger partial charge in [0.05, 0.1) is 18.1 Å². The Kier molecular flexibility index (Phi) is 2.52. The highest BCUT2D eigenvalue weighted by atomic mass is 19.4. The van der Waals surface area contributed by atoms with Gasteiger partial charge in [0.25, 0.3) is 0 Å². The molecular weight excluding hydrogens is 181 g/mol. The molecule has 0 N–H and O–H groups in total. The second kappa shape index (κ2) is 3.44. The zero-order valence-corrected chi connectivity index (χ0v) is 6.47. The Labute approximate surface area is 72.6 Å². The molecule has 0 saturated carbocycles. The predicted octanol–water partition coefficient (Wildman–Crippen LogP) is 2.17. The summed E-state index contributed by atoms with van der Waals surface area (Å²) in [5.74, 6) is 0. The fraction of sp³-hybridized carbons (Fsp3) is 0.250. The molecular formula is C8H5F3N2. The third-order valence-corrected chi connectivity index (χ3v) is 1.48. The van der Waals surface area contributed by atoms with Crippen LogP contribution in [0.2, 0.25) is 0 Å². The summed E-state index contributed by atoms with van der Waals surface area (Å²) in [6, 6.07) is 2.52. The van der Waals surface area contributed by atoms with Gasteiger partial charge in [-0.05, 0) is 11.6 Å². The Balaban J connectivity index is 3.14. The summed E-state index contributed by atoms with van der Waals surface area (Å²) in [4.78, 5) is 3.53. The van der Waals surface area contributed by atoms with Gasteiger partial charge >= 0.3 is 6.18 Å². The van der Waals surface area contributed by atoms with Gasteiger partial charge in [-0.3, -0.25) is 4.98 Å². The van der Waals surface area contributed by atoms with Crippen molar-refractivity contribution in [2.75, 3.05) is 0 Å². The van der Waals surface area contributed by atoms with E-state index in [4.69, 9.17) is 5.26 Å². The Hall–Kier alpha value is -1.57. The number of aromatic nitrogens is 1. The highest BCUT2D eigenvalue weighted by Crippen LogP contribution is 2.31. The van der Waals surface area contributed by atoms with Crippen molar-refractivity contribution in [1.29, 1.82) is 5.26 Å². The molecule has 2 nitrogen and oxygen atoms in total. The van der Waals surface area contributed by atoms with E-state index in [9.17, 15) is 13.2 Å². The van der Waals surface area contributed by atoms with Gasteiger partial charge in [0, 0.05) is 12.4 Å². The molecule has 68 valence electrons. The Morgan fingerprint density at radius 1 is 1.46 bits per heavy atom. The molecule has 0 amide bonds. The molecule has 1 aromatic heterocycles. The average molecular weight is 186 g/mol. The fourth-order valence-corrected chi connectivity index (χ4v) is 0.930. The third kappa shape index (κ3) is 2.18. The van der Waals surface area contributed by atoms with Crippen molar-refractivity contribution in [3.8, 4) is 6.07 Å². The summed E-state index contributed by atoms with van der Waals surface area (Å²) in [6.07, 6.45) is -2.56. The van der Waals surface area contributed by atoms with Crippen LogP contribution in [-0.2, 0) is 12.6 Å². The summed E-state index contributed by atoms with van der Waals surface area (Å²) in [7, 11) is 0. The van der Waals surface area contributed by atoms with Gasteiger partial charge in [-0.15, -0.1) is 0 Å². The summed E-state index contributed by atoms with van der Waals surface area (Å²) < 4.78 is 36.7. The first-order valence-electron chi connectivity index (χ1n) is 3.42. The van der Waals surface area contributed by atoms with Gasteiger partial charge in [0.15, 0.2) is 0 Å². The van der Waals surface area contributed by atoms with E-state index in [0.29, 0.717) is 0 Å². The lowest BCUT2D eigenvalue weighted by Crippen LogP contribution is -2.09. The summed E-state index contributed by atoms with van der Waals surface area (Å²) in [5.41, 5.74) is -0.874. The number of hydrogen-bond acceptors (Lipinski definition) is 2. The molecule has 0 fully saturated rings. The van der Waals surface area contributed by atoms with E-state index < -0.39 is 11.7 Å². The van der Waals surface area contributed by atoms with Gasteiger partial charge in [-0.2, -0.15) is 18.4 Å². The number of alkyl halides is 3. The van der Waals surface area contributed by atoms with Crippen molar-refractivity contribution in [3.63, 3.8) is 0 Å². The van der Waals surface area contributed by atoms with Crippen LogP contribution >= 0.6 is 0 Å². The maximum Gasteiger partial charge on any atom is 0.416 e. The lowest BCUT2D eigenvalue weighted by atomic mass is 10.1. The second-order valence-electron chi connectivity index (χ2n) is 2.37. The molecule has 0 atom stereocenters. The van der Waals surface area contributed by atoms with Gasteiger partial charge in [-0.25, -0.2) is 0 Å². The van der Waals surface area contributed by atoms with Gasteiger partial charge in [-0.1, -0.05) is 0 Å². The van der Waals surface area contributed by atoms with Crippen molar-refractivity contribution in [2.24, 2.45) is 0 Å². The second-order valence-corrected chi connectivity index (χ2v) is 2.37. The molecule has 0 aliphatic carbocycles. The van der Waals surface area contributed by atoms with Crippen molar-refractivity contribution in [1.82, 2.24) is 4.98 Å². The molecule has 0 saturated heterocycles. The first kappa shape index (κ1) is 9.52. The molecule has 1 heterocycles. The highest BCUT2D eigenvalue weighted by Gasteiger charge is 2.32. The number of nitrogens with zero attached hydrogens (tertiary/aromatic N) is 2. The van der Waals surface area contributed by atoms with Gasteiger partial charge in [0.1, 0.15) is 0 Å².